The second kappa shape index (κ2) is 53.5. The number of halogens is 1. The summed E-state index contributed by atoms with van der Waals surface area (Å²) >= 11 is 1.91. The molecule has 2 fully saturated rings. The smallest absolute Gasteiger partial charge is 0.246 e. The van der Waals surface area contributed by atoms with Crippen LogP contribution >= 0.6 is 44.2 Å². The Bertz CT molecular complexity index is 5030. The van der Waals surface area contributed by atoms with Crippen LogP contribution in [0.25, 0.3) is 0 Å². The summed E-state index contributed by atoms with van der Waals surface area (Å²) in [6.45, 7) is 13.6. The fourth-order valence-corrected chi connectivity index (χ4v) is 18.5. The van der Waals surface area contributed by atoms with Crippen LogP contribution in [0.5, 0.6) is 5.75 Å². The van der Waals surface area contributed by atoms with E-state index in [1.807, 2.05) is 164 Å². The minimum Gasteiger partial charge on any atom is -0.507 e. The lowest BCUT2D eigenvalue weighted by atomic mass is 9.77. The predicted molar refractivity (Wildman–Crippen MR) is 521 cm³/mol. The number of nitrogens with two attached hydrogens (primary N) is 2. The van der Waals surface area contributed by atoms with E-state index in [0.29, 0.717) is 25.8 Å². The van der Waals surface area contributed by atoms with E-state index in [-0.39, 0.29) is 145 Å². The number of nitrogens with one attached hydrogen (secondary N) is 12. The summed E-state index contributed by atoms with van der Waals surface area (Å²) in [5.41, 5.74) is 17.5. The fraction of sp³-hybridized carbons (Fsp3) is 0.434. The molecule has 32 nitrogen and oxygen atoms in total. The molecule has 2 aliphatic rings. The SMILES string of the molecule is CCC(C)[C@H](NC(=O)[C@H](Cc1ccc(C)cc1)NC(=O)[C@@H]1CSSC[C@H](NC(=O)[C@@H](CCC(C)=O)NC(=O)[C@H](Cc2ccc(C)cc2)NC(=O)COCCOCCN)C(=O)N2C[C@H](C)C[C@H]2C(=O)N[C@@H](Cc2ccc(O)c(I)c2)C(=O)NCC(=O)N[C@@H](CC(C)C)C(=O)N1)C(=O)N[C@@H](CCC(=O)NC(c1ccccc1)(c1ccccc1)c1ccccc1)C(=O)NCc1ccc(CN)cc1. The molecule has 0 spiro atoms. The number of carbonyl (C=O) groups is 14. The average Bonchev–Trinajstić information content (AvgIpc) is 0.929. The van der Waals surface area contributed by atoms with Crippen LogP contribution in [-0.2, 0) is 114 Å². The summed E-state index contributed by atoms with van der Waals surface area (Å²) in [5, 5.41) is 44.7. The van der Waals surface area contributed by atoms with Gasteiger partial charge in [-0.15, -0.1) is 0 Å². The largest absolute Gasteiger partial charge is 0.507 e. The number of fused-ring (bicyclic) bond motifs is 1. The quantitative estimate of drug-likeness (QED) is 0.00920. The molecule has 0 radical (unpaired) electrons. The normalized spacial score (nSPS) is 18.3. The molecule has 1 unspecified atom stereocenters. The van der Waals surface area contributed by atoms with Crippen molar-refractivity contribution >= 4 is 127 Å². The maximum atomic E-state index is 15.8. The lowest BCUT2D eigenvalue weighted by Gasteiger charge is -2.37. The number of nitrogens with zero attached hydrogens (tertiary/aromatic N) is 1. The number of hydrogen-bond donors (Lipinski definition) is 15. The van der Waals surface area contributed by atoms with E-state index in [0.717, 1.165) is 55.0 Å². The fourth-order valence-electron chi connectivity index (χ4n) is 15.6. The first kappa shape index (κ1) is 106. The monoisotopic (exact) mass is 1990 g/mol. The predicted octanol–water partition coefficient (Wildman–Crippen LogP) is 5.87. The molecule has 0 saturated carbocycles. The maximum Gasteiger partial charge on any atom is 0.246 e. The standard InChI is InChI=1S/C99H126IN15O17S2/c1-9-64(7)88(97(129)108-75(89(121)103-54-69-36-34-68(53-102)35-37-69)40-42-85(118)114-99(71-19-13-10-14-20-71,72-21-15-11-16-22-72)73-23-17-12-18-24-73)113-94(126)80(51-67-32-27-62(5)28-33-67)109-95(127)81-58-133-134-59-82(112-91(123)76(39-29-65(8)116)107-93(125)79(50-66-30-25-61(4)26-31-66)106-87(120)57-132-46-45-131-44-43-101)98(130)115-56-63(6)48-83(115)96(128)110-78(52-70-38-41-84(117)74(100)49-70)90(122)104-55-86(119)105-77(47-60(2)3)92(124)111-81/h10-28,30-38,41,49,60,63-64,75-83,88,117H,9,29,39-40,42-48,50-59,101-102H2,1-8H3,(H,103,121)(H,104,122)(H,105,119)(H,106,120)(H,107,125)(H,108,129)(H,109,127)(H,110,128)(H,111,124)(H,112,123)(H,113,126)(H,114,118)/t63-,64?,75+,76-,77+,78+,79+,80+,81+,82+,83+,88+/m1/s1. The summed E-state index contributed by atoms with van der Waals surface area (Å²) in [6.07, 6.45) is -1.23. The number of benzene rings is 7. The van der Waals surface area contributed by atoms with Crippen molar-refractivity contribution in [3.05, 3.63) is 241 Å². The molecule has 0 bridgehead atoms. The van der Waals surface area contributed by atoms with Gasteiger partial charge in [0.25, 0.3) is 0 Å². The Kier molecular flexibility index (Phi) is 42.3. The summed E-state index contributed by atoms with van der Waals surface area (Å²) in [4.78, 5) is 210. The van der Waals surface area contributed by atoms with Gasteiger partial charge in [0, 0.05) is 69.8 Å². The average molecular weight is 1990 g/mol. The molecule has 13 amide bonds. The van der Waals surface area contributed by atoms with E-state index in [9.17, 15) is 38.7 Å². The molecule has 17 N–H and O–H groups in total. The third kappa shape index (κ3) is 32.6. The van der Waals surface area contributed by atoms with E-state index in [1.54, 1.807) is 83.1 Å². The molecule has 7 aromatic carbocycles. The molecule has 0 aliphatic carbocycles. The molecule has 718 valence electrons. The van der Waals surface area contributed by atoms with Crippen LogP contribution in [0.3, 0.4) is 0 Å². The lowest BCUT2D eigenvalue weighted by Crippen LogP contribution is -2.61. The third-order valence-electron chi connectivity index (χ3n) is 23.2. The molecule has 134 heavy (non-hydrogen) atoms. The van der Waals surface area contributed by atoms with Gasteiger partial charge < -0.3 is 99.5 Å². The van der Waals surface area contributed by atoms with Crippen molar-refractivity contribution in [2.75, 3.05) is 57.6 Å². The van der Waals surface area contributed by atoms with Crippen molar-refractivity contribution in [2.45, 2.75) is 199 Å². The highest BCUT2D eigenvalue weighted by Gasteiger charge is 2.45. The first-order valence-corrected chi connectivity index (χ1v) is 48.8. The van der Waals surface area contributed by atoms with E-state index < -0.39 is 162 Å². The van der Waals surface area contributed by atoms with Gasteiger partial charge in [-0.1, -0.05) is 244 Å². The van der Waals surface area contributed by atoms with Crippen LogP contribution in [0.15, 0.2) is 182 Å². The van der Waals surface area contributed by atoms with Crippen LogP contribution < -0.4 is 75.3 Å². The molecule has 0 aromatic heterocycles. The molecule has 12 atom stereocenters. The molecule has 2 saturated heterocycles. The summed E-state index contributed by atoms with van der Waals surface area (Å²) in [7, 11) is 1.90. The van der Waals surface area contributed by atoms with Crippen LogP contribution in [0, 0.1) is 35.2 Å². The minimum absolute atomic E-state index is 0.0159. The number of hydrogen-bond acceptors (Lipinski definition) is 21. The highest BCUT2D eigenvalue weighted by atomic mass is 127. The van der Waals surface area contributed by atoms with Crippen molar-refractivity contribution in [2.24, 2.45) is 29.2 Å². The lowest BCUT2D eigenvalue weighted by molar-refractivity contribution is -0.142. The van der Waals surface area contributed by atoms with E-state index >= 15 is 33.6 Å². The summed E-state index contributed by atoms with van der Waals surface area (Å²) in [6, 6.07) is 39.9. The Balaban J connectivity index is 1.05. The zero-order valence-electron chi connectivity index (χ0n) is 77.0. The van der Waals surface area contributed by atoms with Crippen molar-refractivity contribution in [1.29, 1.82) is 0 Å². The van der Waals surface area contributed by atoms with E-state index in [1.165, 1.54) is 17.9 Å². The van der Waals surface area contributed by atoms with E-state index in [4.69, 9.17) is 20.9 Å². The molecular formula is C99H126IN15O17S2. The van der Waals surface area contributed by atoms with Gasteiger partial charge in [-0.3, -0.25) is 62.3 Å². The van der Waals surface area contributed by atoms with Crippen LogP contribution in [-0.4, -0.2) is 211 Å². The number of rotatable bonds is 42. The highest BCUT2D eigenvalue weighted by molar-refractivity contribution is 14.1. The van der Waals surface area contributed by atoms with Gasteiger partial charge in [0.15, 0.2) is 0 Å². The molecule has 2 aliphatic heterocycles. The highest BCUT2D eigenvalue weighted by Crippen LogP contribution is 2.38. The van der Waals surface area contributed by atoms with Crippen molar-refractivity contribution < 1.29 is 81.7 Å². The summed E-state index contributed by atoms with van der Waals surface area (Å²) < 4.78 is 11.3. The maximum absolute atomic E-state index is 15.8. The van der Waals surface area contributed by atoms with Gasteiger partial charge in [0.2, 0.25) is 76.8 Å². The topological polar surface area (TPSA) is 477 Å². The molecule has 9 rings (SSSR count). The second-order valence-electron chi connectivity index (χ2n) is 34.5. The number of Topliss-reactive ketones (excluding diaryl/α,β-unsaturated/α-hetero) is 1. The molecular weight excluding hydrogens is 1860 g/mol. The van der Waals surface area contributed by atoms with E-state index in [2.05, 4.69) is 63.8 Å². The Morgan fingerprint density at radius 1 is 0.575 bits per heavy atom. The van der Waals surface area contributed by atoms with Crippen LogP contribution in [0.4, 0.5) is 0 Å². The number of aromatic hydroxyl groups is 1. The first-order chi connectivity index (χ1) is 64.2. The minimum atomic E-state index is -1.63. The number of amides is 13. The van der Waals surface area contributed by atoms with Crippen molar-refractivity contribution in [3.63, 3.8) is 0 Å². The third-order valence-corrected chi connectivity index (χ3v) is 26.5. The molecule has 35 heteroatoms. The van der Waals surface area contributed by atoms with Gasteiger partial charge in [0.1, 0.15) is 84.1 Å². The molecule has 2 heterocycles. The van der Waals surface area contributed by atoms with Crippen LogP contribution in [0.2, 0.25) is 0 Å². The number of carbonyl (C=O) groups excluding carboxylic acids is 14. The van der Waals surface area contributed by atoms with Crippen LogP contribution in [0.1, 0.15) is 142 Å². The number of phenols is 1. The van der Waals surface area contributed by atoms with Gasteiger partial charge in [-0.25, -0.2) is 0 Å². The zero-order chi connectivity index (χ0) is 97.0. The Morgan fingerprint density at radius 2 is 1.12 bits per heavy atom. The Hall–Kier alpha value is -11.6. The zero-order valence-corrected chi connectivity index (χ0v) is 80.7. The second-order valence-corrected chi connectivity index (χ2v) is 38.2. The van der Waals surface area contributed by atoms with Gasteiger partial charge in [-0.05, 0) is 143 Å². The van der Waals surface area contributed by atoms with Gasteiger partial charge >= 0.3 is 0 Å². The number of aryl methyl sites for hydroxylation is 2. The number of phenolic OH excluding ortho intramolecular Hbond substituents is 1. The summed E-state index contributed by atoms with van der Waals surface area (Å²) in [5.74, 6) is -12.9. The Morgan fingerprint density at radius 3 is 1.69 bits per heavy atom. The number of ketones is 1. The van der Waals surface area contributed by atoms with Gasteiger partial charge in [0.05, 0.1) is 29.9 Å². The van der Waals surface area contributed by atoms with Gasteiger partial charge in [-0.2, -0.15) is 0 Å². The number of ether oxygens (including phenoxy) is 2. The Labute approximate surface area is 804 Å². The first-order valence-electron chi connectivity index (χ1n) is 45.2. The van der Waals surface area contributed by atoms with Crippen molar-refractivity contribution in [3.8, 4) is 5.75 Å². The van der Waals surface area contributed by atoms with Crippen molar-refractivity contribution in [1.82, 2.24) is 68.7 Å². The molecule has 7 aromatic rings.